The maximum atomic E-state index is 5.38. The van der Waals surface area contributed by atoms with Crippen LogP contribution in [-0.4, -0.2) is 17.1 Å². The summed E-state index contributed by atoms with van der Waals surface area (Å²) in [6.45, 7) is 0. The second kappa shape index (κ2) is 2.64. The highest BCUT2D eigenvalue weighted by Gasteiger charge is 1.91. The van der Waals surface area contributed by atoms with Gasteiger partial charge in [0.2, 0.25) is 5.88 Å². The summed E-state index contributed by atoms with van der Waals surface area (Å²) in [6, 6.07) is 0. The molecule has 0 unspecified atom stereocenters. The molecule has 1 heterocycles. The van der Waals surface area contributed by atoms with E-state index in [-0.39, 0.29) is 5.15 Å². The van der Waals surface area contributed by atoms with Crippen molar-refractivity contribution in [2.45, 2.75) is 0 Å². The number of halogens is 1. The Kier molecular flexibility index (Phi) is 1.85. The average Bonchev–Trinajstić information content (AvgIpc) is 1.90. The van der Waals surface area contributed by atoms with Crippen LogP contribution < -0.4 is 4.74 Å². The zero-order valence-corrected chi connectivity index (χ0v) is 5.51. The summed E-state index contributed by atoms with van der Waals surface area (Å²) in [6.07, 6.45) is 3.86. The van der Waals surface area contributed by atoms with Gasteiger partial charge < -0.3 is 4.74 Å². The molecule has 0 saturated carbocycles. The second-order valence-electron chi connectivity index (χ2n) is 1.31. The lowest BCUT2D eigenvalue weighted by molar-refractivity contribution is 0.395. The third-order valence-electron chi connectivity index (χ3n) is 0.756. The van der Waals surface area contributed by atoms with E-state index in [0.29, 0.717) is 5.88 Å². The van der Waals surface area contributed by atoms with E-state index in [1.807, 2.05) is 0 Å². The third kappa shape index (κ3) is 1.54. The van der Waals surface area contributed by atoms with Crippen LogP contribution in [0.2, 0.25) is 5.15 Å². The van der Waals surface area contributed by atoms with E-state index in [1.165, 1.54) is 13.3 Å². The van der Waals surface area contributed by atoms with Gasteiger partial charge in [-0.1, -0.05) is 11.6 Å². The summed E-state index contributed by atoms with van der Waals surface area (Å²) in [7, 11) is 1.51. The lowest BCUT2D eigenvalue weighted by Gasteiger charge is -1.93. The largest absolute Gasteiger partial charge is 0.480 e. The first kappa shape index (κ1) is 6.29. The Bertz CT molecular complexity index is 187. The lowest BCUT2D eigenvalue weighted by atomic mass is 10.7. The normalized spacial score (nSPS) is 9.11. The van der Waals surface area contributed by atoms with Crippen LogP contribution in [0.15, 0.2) is 6.20 Å². The maximum Gasteiger partial charge on any atom is 0.232 e. The molecule has 0 aliphatic rings. The summed E-state index contributed by atoms with van der Waals surface area (Å²) in [5.74, 6) is 0.416. The van der Waals surface area contributed by atoms with Crippen molar-refractivity contribution in [1.29, 1.82) is 0 Å². The Labute approximate surface area is 57.7 Å². The number of nitrogens with zero attached hydrogens (tertiary/aromatic N) is 2. The number of ether oxygens (including phenoxy) is 1. The molecule has 1 aromatic heterocycles. The van der Waals surface area contributed by atoms with E-state index in [9.17, 15) is 0 Å². The van der Waals surface area contributed by atoms with E-state index in [0.717, 1.165) is 0 Å². The van der Waals surface area contributed by atoms with Gasteiger partial charge in [0, 0.05) is 0 Å². The topological polar surface area (TPSA) is 35.0 Å². The predicted molar refractivity (Wildman–Crippen MR) is 32.4 cm³/mol. The Morgan fingerprint density at radius 2 is 2.56 bits per heavy atom. The third-order valence-corrected chi connectivity index (χ3v) is 0.938. The highest BCUT2D eigenvalue weighted by atomic mass is 35.5. The molecule has 0 saturated heterocycles. The minimum atomic E-state index is 0.246. The van der Waals surface area contributed by atoms with E-state index in [1.54, 1.807) is 0 Å². The van der Waals surface area contributed by atoms with Crippen molar-refractivity contribution in [1.82, 2.24) is 9.97 Å². The van der Waals surface area contributed by atoms with Crippen molar-refractivity contribution in [3.8, 4) is 5.88 Å². The number of aromatic nitrogens is 2. The molecular weight excluding hydrogens is 140 g/mol. The van der Waals surface area contributed by atoms with Crippen LogP contribution in [0.5, 0.6) is 5.88 Å². The first-order valence-electron chi connectivity index (χ1n) is 2.27. The van der Waals surface area contributed by atoms with E-state index in [4.69, 9.17) is 16.3 Å². The highest BCUT2D eigenvalue weighted by molar-refractivity contribution is 6.29. The molecule has 0 spiro atoms. The molecule has 0 aliphatic heterocycles. The van der Waals surface area contributed by atoms with Gasteiger partial charge in [0.05, 0.1) is 13.3 Å². The predicted octanol–water partition coefficient (Wildman–Crippen LogP) is 0.939. The quantitative estimate of drug-likeness (QED) is 0.587. The molecule has 0 amide bonds. The molecule has 0 bridgehead atoms. The van der Waals surface area contributed by atoms with Crippen molar-refractivity contribution in [3.05, 3.63) is 17.5 Å². The second-order valence-corrected chi connectivity index (χ2v) is 1.67. The molecule has 1 aromatic rings. The first-order valence-corrected chi connectivity index (χ1v) is 2.65. The van der Waals surface area contributed by atoms with Gasteiger partial charge in [-0.3, -0.25) is 0 Å². The standard InChI is InChI=1S/C5H4ClN2O/c1-9-5-3-7-4(6)2-8-5/h3H,1H3. The zero-order valence-electron chi connectivity index (χ0n) is 4.76. The van der Waals surface area contributed by atoms with Gasteiger partial charge in [-0.25, -0.2) is 9.97 Å². The van der Waals surface area contributed by atoms with Gasteiger partial charge in [0.25, 0.3) is 0 Å². The van der Waals surface area contributed by atoms with Crippen molar-refractivity contribution < 1.29 is 4.74 Å². The lowest BCUT2D eigenvalue weighted by Crippen LogP contribution is -1.87. The zero-order chi connectivity index (χ0) is 6.69. The highest BCUT2D eigenvalue weighted by Crippen LogP contribution is 2.04. The van der Waals surface area contributed by atoms with Crippen LogP contribution in [0.3, 0.4) is 0 Å². The van der Waals surface area contributed by atoms with Crippen LogP contribution in [0.4, 0.5) is 0 Å². The molecule has 0 aliphatic carbocycles. The van der Waals surface area contributed by atoms with Crippen molar-refractivity contribution >= 4 is 11.6 Å². The molecule has 1 rings (SSSR count). The van der Waals surface area contributed by atoms with Crippen LogP contribution in [-0.2, 0) is 0 Å². The number of methoxy groups -OCH3 is 1. The summed E-state index contributed by atoms with van der Waals surface area (Å²) in [5.41, 5.74) is 0. The van der Waals surface area contributed by atoms with Gasteiger partial charge in [-0.2, -0.15) is 0 Å². The maximum absolute atomic E-state index is 5.38. The number of rotatable bonds is 1. The summed E-state index contributed by atoms with van der Waals surface area (Å²) in [5, 5.41) is 0.246. The van der Waals surface area contributed by atoms with Crippen molar-refractivity contribution in [2.75, 3.05) is 7.11 Å². The van der Waals surface area contributed by atoms with Crippen LogP contribution >= 0.6 is 11.6 Å². The minimum Gasteiger partial charge on any atom is -0.480 e. The van der Waals surface area contributed by atoms with E-state index >= 15 is 0 Å². The van der Waals surface area contributed by atoms with Gasteiger partial charge in [0.1, 0.15) is 6.20 Å². The van der Waals surface area contributed by atoms with Crippen molar-refractivity contribution in [3.63, 3.8) is 0 Å². The molecule has 0 fully saturated rings. The Balaban J connectivity index is 2.88. The fourth-order valence-electron chi connectivity index (χ4n) is 0.369. The van der Waals surface area contributed by atoms with Gasteiger partial charge in [-0.15, -0.1) is 0 Å². The molecule has 0 atom stereocenters. The smallest absolute Gasteiger partial charge is 0.232 e. The summed E-state index contributed by atoms with van der Waals surface area (Å²) >= 11 is 5.38. The minimum absolute atomic E-state index is 0.246. The monoisotopic (exact) mass is 143 g/mol. The average molecular weight is 144 g/mol. The summed E-state index contributed by atoms with van der Waals surface area (Å²) in [4.78, 5) is 7.33. The number of hydrogen-bond donors (Lipinski definition) is 0. The fraction of sp³-hybridized carbons (Fsp3) is 0.200. The summed E-state index contributed by atoms with van der Waals surface area (Å²) < 4.78 is 4.71. The Hall–Kier alpha value is -0.830. The Morgan fingerprint density at radius 1 is 1.78 bits per heavy atom. The van der Waals surface area contributed by atoms with Crippen molar-refractivity contribution in [2.24, 2.45) is 0 Å². The van der Waals surface area contributed by atoms with Crippen LogP contribution in [0.25, 0.3) is 0 Å². The molecule has 0 aromatic carbocycles. The van der Waals surface area contributed by atoms with Crippen LogP contribution in [0, 0.1) is 6.20 Å². The first-order chi connectivity index (χ1) is 4.33. The molecule has 0 N–H and O–H groups in total. The fourth-order valence-corrected chi connectivity index (χ4v) is 0.460. The number of hydrogen-bond acceptors (Lipinski definition) is 3. The molecule has 3 nitrogen and oxygen atoms in total. The van der Waals surface area contributed by atoms with Gasteiger partial charge in [-0.05, 0) is 0 Å². The molecule has 47 valence electrons. The van der Waals surface area contributed by atoms with E-state index in [2.05, 4.69) is 16.2 Å². The molecule has 4 heteroatoms. The Morgan fingerprint density at radius 3 is 3.00 bits per heavy atom. The molecule has 9 heavy (non-hydrogen) atoms. The SMILES string of the molecule is COc1cnc(Cl)[c]n1. The van der Waals surface area contributed by atoms with Gasteiger partial charge in [0.15, 0.2) is 5.15 Å². The van der Waals surface area contributed by atoms with Crippen LogP contribution in [0.1, 0.15) is 0 Å². The molecule has 1 radical (unpaired) electrons. The van der Waals surface area contributed by atoms with Gasteiger partial charge >= 0.3 is 0 Å². The van der Waals surface area contributed by atoms with E-state index < -0.39 is 0 Å². The molecular formula is C5H4ClN2O.